The fraction of sp³-hybridized carbons (Fsp3) is 0.444. The maximum absolute atomic E-state index is 12.4. The molecule has 6 nitrogen and oxygen atoms in total. The predicted molar refractivity (Wildman–Crippen MR) is 98.5 cm³/mol. The Morgan fingerprint density at radius 1 is 1.40 bits per heavy atom. The van der Waals surface area contributed by atoms with Crippen LogP contribution < -0.4 is 10.6 Å². The molecule has 2 aromatic heterocycles. The van der Waals surface area contributed by atoms with Crippen molar-refractivity contribution in [3.8, 4) is 0 Å². The summed E-state index contributed by atoms with van der Waals surface area (Å²) in [5, 5.41) is 7.34. The molecule has 0 aliphatic carbocycles. The molecule has 1 saturated heterocycles. The van der Waals surface area contributed by atoms with E-state index in [2.05, 4.69) is 20.0 Å². The van der Waals surface area contributed by atoms with Gasteiger partial charge in [-0.25, -0.2) is 4.98 Å². The number of pyridine rings is 1. The molecule has 0 aromatic carbocycles. The molecule has 4 heterocycles. The first-order valence-electron chi connectivity index (χ1n) is 8.78. The van der Waals surface area contributed by atoms with Crippen LogP contribution in [-0.4, -0.2) is 47.6 Å². The van der Waals surface area contributed by atoms with E-state index < -0.39 is 0 Å². The normalized spacial score (nSPS) is 17.5. The zero-order chi connectivity index (χ0) is 17.1. The maximum atomic E-state index is 12.4. The second-order valence-corrected chi connectivity index (χ2v) is 7.34. The number of piperidine rings is 1. The van der Waals surface area contributed by atoms with Gasteiger partial charge in [0.05, 0.1) is 27.9 Å². The molecule has 0 saturated carbocycles. The van der Waals surface area contributed by atoms with E-state index in [1.807, 2.05) is 24.3 Å². The highest BCUT2D eigenvalue weighted by Gasteiger charge is 2.19. The molecule has 4 rings (SSSR count). The highest BCUT2D eigenvalue weighted by atomic mass is 32.2. The van der Waals surface area contributed by atoms with E-state index in [9.17, 15) is 4.79 Å². The third-order valence-electron chi connectivity index (χ3n) is 4.48. The summed E-state index contributed by atoms with van der Waals surface area (Å²) in [4.78, 5) is 17.5. The zero-order valence-corrected chi connectivity index (χ0v) is 14.8. The number of amides is 1. The number of hydrogen-bond donors (Lipinski definition) is 2. The van der Waals surface area contributed by atoms with Crippen LogP contribution >= 0.6 is 11.8 Å². The van der Waals surface area contributed by atoms with E-state index in [-0.39, 0.29) is 5.91 Å². The first-order chi connectivity index (χ1) is 12.3. The average molecular weight is 358 g/mol. The minimum atomic E-state index is -0.0312. The number of imidazole rings is 1. The second kappa shape index (κ2) is 7.59. The van der Waals surface area contributed by atoms with Crippen molar-refractivity contribution in [3.63, 3.8) is 0 Å². The molecule has 25 heavy (non-hydrogen) atoms. The van der Waals surface area contributed by atoms with Crippen molar-refractivity contribution in [2.24, 2.45) is 0 Å². The van der Waals surface area contributed by atoms with Crippen molar-refractivity contribution in [1.29, 1.82) is 0 Å². The summed E-state index contributed by atoms with van der Waals surface area (Å²) >= 11 is 1.48. The SMILES string of the molecule is O=C(NCCCOC1CCNCC1)C1=Cc2cnc3cccc(n23)S1. The van der Waals surface area contributed by atoms with Gasteiger partial charge < -0.3 is 15.4 Å². The van der Waals surface area contributed by atoms with Gasteiger partial charge in [0, 0.05) is 13.2 Å². The van der Waals surface area contributed by atoms with Crippen LogP contribution in [0.25, 0.3) is 11.7 Å². The Kier molecular flexibility index (Phi) is 5.05. The van der Waals surface area contributed by atoms with Crippen molar-refractivity contribution in [1.82, 2.24) is 20.0 Å². The number of carbonyl (C=O) groups excluding carboxylic acids is 1. The molecule has 2 aliphatic heterocycles. The van der Waals surface area contributed by atoms with Crippen LogP contribution in [0.3, 0.4) is 0 Å². The average Bonchev–Trinajstić information content (AvgIpc) is 3.07. The first kappa shape index (κ1) is 16.6. The minimum absolute atomic E-state index is 0.0312. The quantitative estimate of drug-likeness (QED) is 0.774. The molecule has 0 atom stereocenters. The predicted octanol–water partition coefficient (Wildman–Crippen LogP) is 2.06. The van der Waals surface area contributed by atoms with E-state index in [1.54, 1.807) is 6.20 Å². The molecule has 0 spiro atoms. The zero-order valence-electron chi connectivity index (χ0n) is 14.0. The fourth-order valence-electron chi connectivity index (χ4n) is 3.17. The second-order valence-electron chi connectivity index (χ2n) is 6.28. The smallest absolute Gasteiger partial charge is 0.258 e. The van der Waals surface area contributed by atoms with Gasteiger partial charge in [-0.15, -0.1) is 0 Å². The molecule has 2 aliphatic rings. The van der Waals surface area contributed by atoms with Gasteiger partial charge in [-0.1, -0.05) is 17.8 Å². The van der Waals surface area contributed by atoms with Crippen LogP contribution in [0.1, 0.15) is 25.0 Å². The summed E-state index contributed by atoms with van der Waals surface area (Å²) in [7, 11) is 0. The molecule has 2 N–H and O–H groups in total. The lowest BCUT2D eigenvalue weighted by atomic mass is 10.1. The van der Waals surface area contributed by atoms with Gasteiger partial charge >= 0.3 is 0 Å². The number of aromatic nitrogens is 2. The van der Waals surface area contributed by atoms with Crippen molar-refractivity contribution >= 4 is 29.4 Å². The Morgan fingerprint density at radius 3 is 3.16 bits per heavy atom. The van der Waals surface area contributed by atoms with Crippen molar-refractivity contribution in [2.75, 3.05) is 26.2 Å². The van der Waals surface area contributed by atoms with Gasteiger partial charge in [0.2, 0.25) is 0 Å². The molecule has 2 aromatic rings. The van der Waals surface area contributed by atoms with Crippen LogP contribution in [0.2, 0.25) is 0 Å². The lowest BCUT2D eigenvalue weighted by Gasteiger charge is -2.22. The summed E-state index contributed by atoms with van der Waals surface area (Å²) in [6.07, 6.45) is 7.07. The molecule has 7 heteroatoms. The Bertz CT molecular complexity index is 795. The maximum Gasteiger partial charge on any atom is 0.258 e. The van der Waals surface area contributed by atoms with Gasteiger partial charge in [0.25, 0.3) is 5.91 Å². The molecular weight excluding hydrogens is 336 g/mol. The van der Waals surface area contributed by atoms with Gasteiger partial charge in [0.1, 0.15) is 5.65 Å². The number of thioether (sulfide) groups is 1. The van der Waals surface area contributed by atoms with E-state index in [0.717, 1.165) is 48.7 Å². The summed E-state index contributed by atoms with van der Waals surface area (Å²) in [6, 6.07) is 5.94. The van der Waals surface area contributed by atoms with Gasteiger partial charge in [-0.2, -0.15) is 0 Å². The highest BCUT2D eigenvalue weighted by molar-refractivity contribution is 8.04. The number of nitrogens with zero attached hydrogens (tertiary/aromatic N) is 2. The molecule has 0 unspecified atom stereocenters. The monoisotopic (exact) mass is 358 g/mol. The molecular formula is C18H22N4O2S. The van der Waals surface area contributed by atoms with Gasteiger partial charge in [-0.05, 0) is 50.6 Å². The number of hydrogen-bond acceptors (Lipinski definition) is 5. The van der Waals surface area contributed by atoms with Crippen LogP contribution in [0.4, 0.5) is 0 Å². The number of ether oxygens (including phenoxy) is 1. The number of rotatable bonds is 6. The Hall–Kier alpha value is -1.83. The van der Waals surface area contributed by atoms with E-state index in [4.69, 9.17) is 4.74 Å². The first-order valence-corrected chi connectivity index (χ1v) is 9.59. The molecule has 0 bridgehead atoms. The lowest BCUT2D eigenvalue weighted by molar-refractivity contribution is -0.116. The van der Waals surface area contributed by atoms with Gasteiger partial charge in [-0.3, -0.25) is 9.20 Å². The van der Waals surface area contributed by atoms with Crippen LogP contribution in [0.5, 0.6) is 0 Å². The number of carbonyl (C=O) groups is 1. The van der Waals surface area contributed by atoms with Crippen LogP contribution in [0.15, 0.2) is 34.3 Å². The summed E-state index contributed by atoms with van der Waals surface area (Å²) < 4.78 is 7.93. The van der Waals surface area contributed by atoms with E-state index >= 15 is 0 Å². The molecule has 0 radical (unpaired) electrons. The lowest BCUT2D eigenvalue weighted by Crippen LogP contribution is -2.33. The van der Waals surface area contributed by atoms with E-state index in [0.29, 0.717) is 24.2 Å². The van der Waals surface area contributed by atoms with Crippen LogP contribution in [0, 0.1) is 0 Å². The number of nitrogens with one attached hydrogen (secondary N) is 2. The fourth-order valence-corrected chi connectivity index (χ4v) is 4.18. The largest absolute Gasteiger partial charge is 0.378 e. The van der Waals surface area contributed by atoms with E-state index in [1.165, 1.54) is 11.8 Å². The Labute approximate surface area is 151 Å². The Morgan fingerprint density at radius 2 is 2.28 bits per heavy atom. The topological polar surface area (TPSA) is 67.7 Å². The van der Waals surface area contributed by atoms with Crippen LogP contribution in [-0.2, 0) is 9.53 Å². The third-order valence-corrected chi connectivity index (χ3v) is 5.54. The third kappa shape index (κ3) is 3.73. The highest BCUT2D eigenvalue weighted by Crippen LogP contribution is 2.34. The molecule has 132 valence electrons. The van der Waals surface area contributed by atoms with Gasteiger partial charge in [0.15, 0.2) is 0 Å². The summed E-state index contributed by atoms with van der Waals surface area (Å²) in [5.41, 5.74) is 1.86. The standard InChI is InChI=1S/C18H22N4O2S/c23-18(20-7-2-10-24-14-5-8-19-9-6-14)15-11-13-12-21-16-3-1-4-17(25-15)22(13)16/h1,3-4,11-12,14,19H,2,5-10H2,(H,20,23). The molecule has 1 fully saturated rings. The Balaban J connectivity index is 1.27. The summed E-state index contributed by atoms with van der Waals surface area (Å²) in [6.45, 7) is 3.40. The van der Waals surface area contributed by atoms with Crippen molar-refractivity contribution in [3.05, 3.63) is 35.0 Å². The minimum Gasteiger partial charge on any atom is -0.378 e. The summed E-state index contributed by atoms with van der Waals surface area (Å²) in [5.74, 6) is -0.0312. The van der Waals surface area contributed by atoms with Crippen molar-refractivity contribution < 1.29 is 9.53 Å². The van der Waals surface area contributed by atoms with Crippen molar-refractivity contribution in [2.45, 2.75) is 30.4 Å². The molecule has 1 amide bonds.